The van der Waals surface area contributed by atoms with Gasteiger partial charge in [-0.2, -0.15) is 0 Å². The van der Waals surface area contributed by atoms with Gasteiger partial charge < -0.3 is 14.8 Å². The summed E-state index contributed by atoms with van der Waals surface area (Å²) in [6.07, 6.45) is 5.54. The molecule has 0 radical (unpaired) electrons. The molecule has 0 fully saturated rings. The number of rotatable bonds is 11. The van der Waals surface area contributed by atoms with Crippen LogP contribution in [0.4, 0.5) is 5.69 Å². The number of aryl methyl sites for hydroxylation is 1. The number of carbonyl (C=O) groups excluding carboxylic acids is 1. The van der Waals surface area contributed by atoms with Crippen LogP contribution >= 0.6 is 0 Å². The summed E-state index contributed by atoms with van der Waals surface area (Å²) >= 11 is 0. The lowest BCUT2D eigenvalue weighted by molar-refractivity contribution is -0.131. The molecule has 33 heavy (non-hydrogen) atoms. The molecule has 5 nitrogen and oxygen atoms in total. The molecule has 0 unspecified atom stereocenters. The Balaban J connectivity index is 1.72. The van der Waals surface area contributed by atoms with Gasteiger partial charge in [0.25, 0.3) is 0 Å². The van der Waals surface area contributed by atoms with Crippen molar-refractivity contribution >= 4 is 32.0 Å². The van der Waals surface area contributed by atoms with Gasteiger partial charge >= 0.3 is 5.97 Å². The minimum Gasteiger partial charge on any atom is -0.478 e. The third-order valence-electron chi connectivity index (χ3n) is 6.16. The summed E-state index contributed by atoms with van der Waals surface area (Å²) in [5, 5.41) is 11.8. The number of aliphatic carboxylic acids is 1. The minimum absolute atomic E-state index is 0.00465. The van der Waals surface area contributed by atoms with Gasteiger partial charge in [-0.3, -0.25) is 4.79 Å². The molecule has 2 aromatic carbocycles. The van der Waals surface area contributed by atoms with Crippen molar-refractivity contribution in [1.82, 2.24) is 0 Å². The number of anilines is 1. The molecule has 178 valence electrons. The smallest absolute Gasteiger partial charge is 0.328 e. The lowest BCUT2D eigenvalue weighted by Crippen LogP contribution is -2.41. The Hall–Kier alpha value is -2.70. The fourth-order valence-corrected chi connectivity index (χ4v) is 4.08. The van der Waals surface area contributed by atoms with E-state index in [9.17, 15) is 9.59 Å². The van der Waals surface area contributed by atoms with E-state index in [1.54, 1.807) is 6.08 Å². The summed E-state index contributed by atoms with van der Waals surface area (Å²) in [7, 11) is -1.72. The molecule has 0 heterocycles. The van der Waals surface area contributed by atoms with Crippen LogP contribution in [0.5, 0.6) is 0 Å². The van der Waals surface area contributed by atoms with Crippen LogP contribution < -0.4 is 5.32 Å². The quantitative estimate of drug-likeness (QED) is 0.300. The maximum atomic E-state index is 12.3. The van der Waals surface area contributed by atoms with Gasteiger partial charge in [-0.1, -0.05) is 57.2 Å². The van der Waals surface area contributed by atoms with Crippen molar-refractivity contribution in [2.24, 2.45) is 0 Å². The molecule has 0 atom stereocenters. The fraction of sp³-hybridized carbons (Fsp3) is 0.407. The molecule has 0 spiro atoms. The summed E-state index contributed by atoms with van der Waals surface area (Å²) < 4.78 is 6.24. The molecule has 0 saturated heterocycles. The fourth-order valence-electron chi connectivity index (χ4n) is 3.03. The predicted molar refractivity (Wildman–Crippen MR) is 138 cm³/mol. The number of carbonyl (C=O) groups is 2. The molecular weight excluding hydrogens is 430 g/mol. The number of carboxylic acid groups (broad SMARTS) is 1. The molecule has 0 aliphatic rings. The van der Waals surface area contributed by atoms with Crippen LogP contribution in [0, 0.1) is 0 Å². The first kappa shape index (κ1) is 26.5. The first-order valence-corrected chi connectivity index (χ1v) is 14.4. The van der Waals surface area contributed by atoms with Crippen LogP contribution in [-0.4, -0.2) is 31.9 Å². The van der Waals surface area contributed by atoms with Crippen LogP contribution in [0.3, 0.4) is 0 Å². The largest absolute Gasteiger partial charge is 0.478 e. The van der Waals surface area contributed by atoms with E-state index < -0.39 is 14.3 Å². The Kier molecular flexibility index (Phi) is 9.62. The van der Waals surface area contributed by atoms with Gasteiger partial charge in [0.15, 0.2) is 8.32 Å². The van der Waals surface area contributed by atoms with Gasteiger partial charge in [0.1, 0.15) is 0 Å². The summed E-state index contributed by atoms with van der Waals surface area (Å²) in [5.41, 5.74) is 3.98. The molecule has 2 aromatic rings. The second kappa shape index (κ2) is 12.0. The molecule has 0 aromatic heterocycles. The molecule has 1 amide bonds. The molecule has 2 rings (SSSR count). The minimum atomic E-state index is -1.72. The highest BCUT2D eigenvalue weighted by atomic mass is 28.4. The maximum Gasteiger partial charge on any atom is 0.328 e. The van der Waals surface area contributed by atoms with Crippen molar-refractivity contribution in [1.29, 1.82) is 0 Å². The second-order valence-corrected chi connectivity index (χ2v) is 14.7. The van der Waals surface area contributed by atoms with E-state index >= 15 is 0 Å². The topological polar surface area (TPSA) is 75.6 Å². The number of carboxylic acids is 1. The monoisotopic (exact) mass is 467 g/mol. The molecule has 0 aliphatic carbocycles. The zero-order valence-corrected chi connectivity index (χ0v) is 21.5. The molecule has 2 N–H and O–H groups in total. The third kappa shape index (κ3) is 9.36. The van der Waals surface area contributed by atoms with E-state index in [0.29, 0.717) is 6.42 Å². The van der Waals surface area contributed by atoms with Crippen molar-refractivity contribution in [3.05, 3.63) is 71.3 Å². The Bertz CT molecular complexity index is 942. The van der Waals surface area contributed by atoms with Gasteiger partial charge in [-0.05, 0) is 72.3 Å². The van der Waals surface area contributed by atoms with Crippen molar-refractivity contribution in [2.75, 3.05) is 11.9 Å². The van der Waals surface area contributed by atoms with Gasteiger partial charge in [-0.15, -0.1) is 0 Å². The summed E-state index contributed by atoms with van der Waals surface area (Å²) in [5.74, 6) is -0.958. The van der Waals surface area contributed by atoms with Crippen molar-refractivity contribution in [2.45, 2.75) is 64.6 Å². The summed E-state index contributed by atoms with van der Waals surface area (Å²) in [6.45, 7) is 12.0. The number of hydrogen-bond donors (Lipinski definition) is 2. The average molecular weight is 468 g/mol. The zero-order chi connectivity index (χ0) is 24.5. The lowest BCUT2D eigenvalue weighted by Gasteiger charge is -2.36. The molecule has 0 bridgehead atoms. The molecule has 0 aliphatic heterocycles. The highest BCUT2D eigenvalue weighted by molar-refractivity contribution is 6.74. The Morgan fingerprint density at radius 3 is 2.12 bits per heavy atom. The van der Waals surface area contributed by atoms with Crippen LogP contribution in [0.1, 0.15) is 50.3 Å². The Morgan fingerprint density at radius 2 is 1.55 bits per heavy atom. The summed E-state index contributed by atoms with van der Waals surface area (Å²) in [4.78, 5) is 22.8. The van der Waals surface area contributed by atoms with Crippen LogP contribution in [0.2, 0.25) is 18.1 Å². The van der Waals surface area contributed by atoms with Gasteiger partial charge in [0.2, 0.25) is 5.91 Å². The second-order valence-electron chi connectivity index (χ2n) is 9.87. The van der Waals surface area contributed by atoms with Crippen LogP contribution in [-0.2, 0) is 26.9 Å². The average Bonchev–Trinajstić information content (AvgIpc) is 2.73. The Morgan fingerprint density at radius 1 is 0.970 bits per heavy atom. The number of nitrogens with one attached hydrogen (secondary N) is 1. The third-order valence-corrected chi connectivity index (χ3v) is 10.7. The van der Waals surface area contributed by atoms with Crippen molar-refractivity contribution in [3.8, 4) is 0 Å². The van der Waals surface area contributed by atoms with E-state index in [2.05, 4.69) is 39.2 Å². The van der Waals surface area contributed by atoms with Gasteiger partial charge in [-0.25, -0.2) is 4.79 Å². The van der Waals surface area contributed by atoms with Crippen LogP contribution in [0.15, 0.2) is 54.6 Å². The van der Waals surface area contributed by atoms with E-state index in [4.69, 9.17) is 9.53 Å². The Labute approximate surface area is 199 Å². The van der Waals surface area contributed by atoms with Crippen LogP contribution in [0.25, 0.3) is 6.08 Å². The lowest BCUT2D eigenvalue weighted by atomic mass is 10.1. The van der Waals surface area contributed by atoms with E-state index in [-0.39, 0.29) is 10.9 Å². The van der Waals surface area contributed by atoms with E-state index in [0.717, 1.165) is 48.8 Å². The predicted octanol–water partition coefficient (Wildman–Crippen LogP) is 6.31. The SMILES string of the molecule is CC(C)(C)[Si](C)(C)OCCc1ccc(NC(=O)CCCc2ccc(C=CC(=O)O)cc2)cc1. The van der Waals surface area contributed by atoms with Gasteiger partial charge in [0.05, 0.1) is 0 Å². The molecular formula is C27H37NO4Si. The maximum absolute atomic E-state index is 12.3. The zero-order valence-electron chi connectivity index (χ0n) is 20.5. The first-order chi connectivity index (χ1) is 15.5. The number of benzene rings is 2. The van der Waals surface area contributed by atoms with Crippen molar-refractivity contribution < 1.29 is 19.1 Å². The number of hydrogen-bond acceptors (Lipinski definition) is 3. The van der Waals surface area contributed by atoms with Gasteiger partial charge in [0, 0.05) is 24.8 Å². The molecule has 0 saturated carbocycles. The highest BCUT2D eigenvalue weighted by Gasteiger charge is 2.36. The molecule has 6 heteroatoms. The van der Waals surface area contributed by atoms with E-state index in [1.807, 2.05) is 48.5 Å². The normalized spacial score (nSPS) is 12.2. The summed E-state index contributed by atoms with van der Waals surface area (Å²) in [6, 6.07) is 15.7. The first-order valence-electron chi connectivity index (χ1n) is 11.5. The van der Waals surface area contributed by atoms with Crippen molar-refractivity contribution in [3.63, 3.8) is 0 Å². The van der Waals surface area contributed by atoms with E-state index in [1.165, 1.54) is 5.56 Å². The standard InChI is InChI=1S/C27H37NO4Si/c1-27(2,3)33(4,5)32-20-19-23-13-16-24(17-14-23)28-25(29)8-6-7-21-9-11-22(12-10-21)15-18-26(30)31/h9-18H,6-8,19-20H2,1-5H3,(H,28,29)(H,30,31). The highest BCUT2D eigenvalue weighted by Crippen LogP contribution is 2.36. The number of amides is 1.